The number of aliphatic hydroxyl groups is 1. The number of hydrogen-bond acceptors (Lipinski definition) is 3. The molecule has 0 aromatic heterocycles. The third-order valence-corrected chi connectivity index (χ3v) is 7.20. The molecule has 3 amide bonds. The number of nitrogens with zero attached hydrogens (tertiary/aromatic N) is 2. The molecule has 2 N–H and O–H groups in total. The number of hydrogen-bond donors (Lipinski definition) is 2. The first-order valence-corrected chi connectivity index (χ1v) is 11.4. The highest BCUT2D eigenvalue weighted by molar-refractivity contribution is 5.87. The van der Waals surface area contributed by atoms with Crippen LogP contribution in [0.4, 0.5) is 9.18 Å². The molecule has 2 heterocycles. The van der Waals surface area contributed by atoms with E-state index in [0.29, 0.717) is 6.54 Å². The SMILES string of the molecule is O=C(NC1CCCC1)N1CC(=O)N2[C@H](CO)[C@@H](c3ccc(-c4ccc(F)cc4)cc3)[C@H]2C1. The first kappa shape index (κ1) is 20.9. The molecular formula is C25H28FN3O3. The van der Waals surface area contributed by atoms with Crippen molar-refractivity contribution < 1.29 is 19.1 Å². The second-order valence-electron chi connectivity index (χ2n) is 9.08. The Morgan fingerprint density at radius 1 is 1.03 bits per heavy atom. The minimum absolute atomic E-state index is 0.0340. The van der Waals surface area contributed by atoms with Crippen molar-refractivity contribution in [3.63, 3.8) is 0 Å². The molecule has 2 saturated heterocycles. The van der Waals surface area contributed by atoms with Crippen LogP contribution in [0.5, 0.6) is 0 Å². The van der Waals surface area contributed by atoms with E-state index in [4.69, 9.17) is 0 Å². The van der Waals surface area contributed by atoms with Crippen LogP contribution in [0.25, 0.3) is 11.1 Å². The van der Waals surface area contributed by atoms with Crippen LogP contribution in [0.2, 0.25) is 0 Å². The third-order valence-electron chi connectivity index (χ3n) is 7.20. The zero-order chi connectivity index (χ0) is 22.2. The van der Waals surface area contributed by atoms with Crippen molar-refractivity contribution in [1.82, 2.24) is 15.1 Å². The molecule has 1 aliphatic carbocycles. The van der Waals surface area contributed by atoms with E-state index in [-0.39, 0.29) is 55.0 Å². The van der Waals surface area contributed by atoms with E-state index in [9.17, 15) is 19.1 Å². The number of carbonyl (C=O) groups excluding carboxylic acids is 2. The standard InChI is InChI=1S/C25H28FN3O3/c26-19-11-9-17(10-12-19)16-5-7-18(8-6-16)24-21-13-28(14-23(31)29(21)22(24)15-30)25(32)27-20-3-1-2-4-20/h5-12,20-22,24,30H,1-4,13-15H2,(H,27,32)/t21-,22-,24+/m1/s1. The molecule has 0 spiro atoms. The van der Waals surface area contributed by atoms with Crippen LogP contribution < -0.4 is 5.32 Å². The molecule has 3 atom stereocenters. The van der Waals surface area contributed by atoms with E-state index >= 15 is 0 Å². The summed E-state index contributed by atoms with van der Waals surface area (Å²) < 4.78 is 13.2. The van der Waals surface area contributed by atoms with Gasteiger partial charge in [0.15, 0.2) is 0 Å². The lowest BCUT2D eigenvalue weighted by Gasteiger charge is -2.58. The van der Waals surface area contributed by atoms with Gasteiger partial charge in [0, 0.05) is 18.5 Å². The fourth-order valence-corrected chi connectivity index (χ4v) is 5.53. The summed E-state index contributed by atoms with van der Waals surface area (Å²) in [6, 6.07) is 14.0. The molecule has 5 rings (SSSR count). The number of rotatable bonds is 4. The molecule has 2 aliphatic heterocycles. The fourth-order valence-electron chi connectivity index (χ4n) is 5.53. The first-order chi connectivity index (χ1) is 15.5. The summed E-state index contributed by atoms with van der Waals surface area (Å²) >= 11 is 0. The predicted molar refractivity (Wildman–Crippen MR) is 118 cm³/mol. The van der Waals surface area contributed by atoms with E-state index in [2.05, 4.69) is 5.32 Å². The molecule has 1 saturated carbocycles. The normalized spacial score (nSPS) is 25.4. The Morgan fingerprint density at radius 3 is 2.28 bits per heavy atom. The van der Waals surface area contributed by atoms with Gasteiger partial charge in [-0.15, -0.1) is 0 Å². The zero-order valence-electron chi connectivity index (χ0n) is 17.9. The molecule has 6 nitrogen and oxygen atoms in total. The van der Waals surface area contributed by atoms with E-state index in [1.165, 1.54) is 12.1 Å². The summed E-state index contributed by atoms with van der Waals surface area (Å²) in [7, 11) is 0. The maximum Gasteiger partial charge on any atom is 0.318 e. The Kier molecular flexibility index (Phi) is 5.59. The molecule has 3 fully saturated rings. The second kappa shape index (κ2) is 8.54. The molecule has 2 aromatic rings. The minimum atomic E-state index is -0.274. The van der Waals surface area contributed by atoms with Crippen molar-refractivity contribution in [2.45, 2.75) is 49.7 Å². The maximum absolute atomic E-state index is 13.2. The van der Waals surface area contributed by atoms with Crippen molar-refractivity contribution in [3.8, 4) is 11.1 Å². The Bertz CT molecular complexity index is 988. The zero-order valence-corrected chi connectivity index (χ0v) is 17.9. The van der Waals surface area contributed by atoms with E-state index in [0.717, 1.165) is 42.4 Å². The minimum Gasteiger partial charge on any atom is -0.394 e. The number of fused-ring (bicyclic) bond motifs is 1. The van der Waals surface area contributed by atoms with Crippen molar-refractivity contribution >= 4 is 11.9 Å². The molecule has 0 radical (unpaired) electrons. The number of nitrogens with one attached hydrogen (secondary N) is 1. The highest BCUT2D eigenvalue weighted by Crippen LogP contribution is 2.43. The summed E-state index contributed by atoms with van der Waals surface area (Å²) in [6.45, 7) is 0.411. The van der Waals surface area contributed by atoms with Gasteiger partial charge in [0.25, 0.3) is 0 Å². The molecule has 3 aliphatic rings. The number of aliphatic hydroxyl groups excluding tert-OH is 1. The average molecular weight is 438 g/mol. The lowest BCUT2D eigenvalue weighted by Crippen LogP contribution is -2.74. The van der Waals surface area contributed by atoms with Gasteiger partial charge < -0.3 is 20.2 Å². The number of halogens is 1. The smallest absolute Gasteiger partial charge is 0.318 e. The number of amides is 3. The average Bonchev–Trinajstić information content (AvgIpc) is 3.29. The van der Waals surface area contributed by atoms with Crippen LogP contribution >= 0.6 is 0 Å². The topological polar surface area (TPSA) is 72.9 Å². The predicted octanol–water partition coefficient (Wildman–Crippen LogP) is 3.12. The number of carbonyl (C=O) groups is 2. The fraction of sp³-hybridized carbons (Fsp3) is 0.440. The van der Waals surface area contributed by atoms with Gasteiger partial charge >= 0.3 is 6.03 Å². The molecule has 7 heteroatoms. The maximum atomic E-state index is 13.2. The number of piperazine rings is 1. The molecule has 0 unspecified atom stereocenters. The van der Waals surface area contributed by atoms with Crippen LogP contribution in [0.1, 0.15) is 37.2 Å². The van der Waals surface area contributed by atoms with Gasteiger partial charge in [0.05, 0.1) is 18.7 Å². The summed E-state index contributed by atoms with van der Waals surface area (Å²) in [5.74, 6) is -0.413. The van der Waals surface area contributed by atoms with Gasteiger partial charge in [-0.05, 0) is 41.7 Å². The summed E-state index contributed by atoms with van der Waals surface area (Å²) in [4.78, 5) is 28.9. The number of benzene rings is 2. The highest BCUT2D eigenvalue weighted by Gasteiger charge is 2.54. The summed E-state index contributed by atoms with van der Waals surface area (Å²) in [6.07, 6.45) is 4.26. The van der Waals surface area contributed by atoms with E-state index < -0.39 is 0 Å². The van der Waals surface area contributed by atoms with E-state index in [1.807, 2.05) is 24.3 Å². The van der Waals surface area contributed by atoms with Crippen LogP contribution in [0.3, 0.4) is 0 Å². The molecule has 32 heavy (non-hydrogen) atoms. The third kappa shape index (κ3) is 3.75. The first-order valence-electron chi connectivity index (χ1n) is 11.4. The van der Waals surface area contributed by atoms with Crippen LogP contribution in [-0.2, 0) is 4.79 Å². The van der Waals surface area contributed by atoms with Crippen molar-refractivity contribution in [2.75, 3.05) is 19.7 Å². The van der Waals surface area contributed by atoms with Gasteiger partial charge in [-0.3, -0.25) is 4.79 Å². The summed E-state index contributed by atoms with van der Waals surface area (Å²) in [5.41, 5.74) is 2.93. The lowest BCUT2D eigenvalue weighted by atomic mass is 9.73. The van der Waals surface area contributed by atoms with Crippen LogP contribution in [0.15, 0.2) is 48.5 Å². The number of urea groups is 1. The Labute approximate surface area is 187 Å². The Hall–Kier alpha value is -2.93. The van der Waals surface area contributed by atoms with Crippen molar-refractivity contribution in [2.24, 2.45) is 0 Å². The largest absolute Gasteiger partial charge is 0.394 e. The van der Waals surface area contributed by atoms with Crippen molar-refractivity contribution in [1.29, 1.82) is 0 Å². The summed E-state index contributed by atoms with van der Waals surface area (Å²) in [5, 5.41) is 13.1. The molecule has 168 valence electrons. The van der Waals surface area contributed by atoms with Crippen molar-refractivity contribution in [3.05, 3.63) is 59.9 Å². The molecule has 0 bridgehead atoms. The van der Waals surface area contributed by atoms with Crippen LogP contribution in [-0.4, -0.2) is 64.7 Å². The molecular weight excluding hydrogens is 409 g/mol. The van der Waals surface area contributed by atoms with Gasteiger partial charge in [-0.25, -0.2) is 9.18 Å². The Balaban J connectivity index is 1.32. The molecule has 2 aromatic carbocycles. The quantitative estimate of drug-likeness (QED) is 0.772. The monoisotopic (exact) mass is 437 g/mol. The highest BCUT2D eigenvalue weighted by atomic mass is 19.1. The van der Waals surface area contributed by atoms with E-state index in [1.54, 1.807) is 21.9 Å². The lowest BCUT2D eigenvalue weighted by molar-refractivity contribution is -0.159. The van der Waals surface area contributed by atoms with Gasteiger partial charge in [-0.1, -0.05) is 49.2 Å². The second-order valence-corrected chi connectivity index (χ2v) is 9.08. The van der Waals surface area contributed by atoms with Gasteiger partial charge in [0.2, 0.25) is 5.91 Å². The van der Waals surface area contributed by atoms with Gasteiger partial charge in [0.1, 0.15) is 12.4 Å². The van der Waals surface area contributed by atoms with Crippen LogP contribution in [0, 0.1) is 5.82 Å². The van der Waals surface area contributed by atoms with Gasteiger partial charge in [-0.2, -0.15) is 0 Å². The Morgan fingerprint density at radius 2 is 1.66 bits per heavy atom.